The monoisotopic (exact) mass is 476 g/mol. The zero-order valence-electron chi connectivity index (χ0n) is 21.3. The zero-order valence-corrected chi connectivity index (χ0v) is 23.1. The van der Waals surface area contributed by atoms with Gasteiger partial charge in [-0.05, 0) is 45.8 Å². The van der Waals surface area contributed by atoms with E-state index in [0.717, 1.165) is 0 Å². The summed E-state index contributed by atoms with van der Waals surface area (Å²) in [5, 5.41) is 0. The van der Waals surface area contributed by atoms with Crippen LogP contribution in [0.5, 0.6) is 0 Å². The summed E-state index contributed by atoms with van der Waals surface area (Å²) in [6, 6.07) is 17.6. The van der Waals surface area contributed by atoms with E-state index in [9.17, 15) is 0 Å². The molecule has 170 valence electrons. The largest absolute Gasteiger partial charge is 0.146 e. The van der Waals surface area contributed by atoms with E-state index in [-0.39, 0.29) is 0 Å². The Morgan fingerprint density at radius 1 is 0.618 bits per heavy atom. The number of hydrogen-bond donors (Lipinski definition) is 0. The maximum absolute atomic E-state index is 4.00. The summed E-state index contributed by atoms with van der Waals surface area (Å²) in [5.74, 6) is 10.4. The van der Waals surface area contributed by atoms with Crippen molar-refractivity contribution in [2.24, 2.45) is 0 Å². The fourth-order valence-corrected chi connectivity index (χ4v) is 12.9. The van der Waals surface area contributed by atoms with E-state index in [0.29, 0.717) is 16.6 Å². The van der Waals surface area contributed by atoms with Crippen LogP contribution in [0, 0.1) is 23.3 Å². The molecule has 2 heteroatoms. The van der Waals surface area contributed by atoms with Crippen molar-refractivity contribution < 1.29 is 0 Å². The summed E-state index contributed by atoms with van der Waals surface area (Å²) in [4.78, 5) is 0. The molecule has 5 rings (SSSR count). The second kappa shape index (κ2) is 8.46. The average Bonchev–Trinajstić information content (AvgIpc) is 3.41. The van der Waals surface area contributed by atoms with Gasteiger partial charge in [0.2, 0.25) is 0 Å². The fourth-order valence-electron chi connectivity index (χ4n) is 6.36. The molecule has 3 aromatic rings. The Balaban J connectivity index is 1.87. The molecule has 0 bridgehead atoms. The summed E-state index contributed by atoms with van der Waals surface area (Å²) in [6.07, 6.45) is 0. The highest BCUT2D eigenvalue weighted by atomic mass is 32.1. The van der Waals surface area contributed by atoms with Crippen LogP contribution in [-0.2, 0) is 0 Å². The van der Waals surface area contributed by atoms with Crippen molar-refractivity contribution in [3.63, 3.8) is 0 Å². The summed E-state index contributed by atoms with van der Waals surface area (Å²) in [5.41, 5.74) is 16.2. The second-order valence-electron chi connectivity index (χ2n) is 10.4. The van der Waals surface area contributed by atoms with Crippen molar-refractivity contribution in [1.29, 1.82) is 0 Å². The summed E-state index contributed by atoms with van der Waals surface area (Å²) < 4.78 is 2.65. The molecule has 0 nitrogen and oxygen atoms in total. The Bertz CT molecular complexity index is 1530. The maximum Gasteiger partial charge on any atom is 0.146 e. The van der Waals surface area contributed by atoms with E-state index in [1.54, 1.807) is 0 Å². The molecule has 0 atom stereocenters. The Labute approximate surface area is 209 Å². The molecule has 0 amide bonds. The molecule has 1 heterocycles. The molecule has 1 aromatic heterocycles. The van der Waals surface area contributed by atoms with Crippen LogP contribution >= 0.6 is 11.3 Å². The van der Waals surface area contributed by atoms with Crippen molar-refractivity contribution >= 4 is 30.6 Å². The molecule has 0 saturated carbocycles. The van der Waals surface area contributed by atoms with Gasteiger partial charge in [0.15, 0.2) is 0 Å². The van der Waals surface area contributed by atoms with Crippen LogP contribution in [0.4, 0.5) is 0 Å². The van der Waals surface area contributed by atoms with Gasteiger partial charge in [0.25, 0.3) is 0 Å². The predicted octanol–water partition coefficient (Wildman–Crippen LogP) is 7.35. The van der Waals surface area contributed by atoms with Gasteiger partial charge >= 0.3 is 0 Å². The normalized spacial score (nSPS) is 13.4. The molecule has 34 heavy (non-hydrogen) atoms. The van der Waals surface area contributed by atoms with Crippen LogP contribution in [0.25, 0.3) is 33.4 Å². The summed E-state index contributed by atoms with van der Waals surface area (Å²) in [6.45, 7) is 16.3. The van der Waals surface area contributed by atoms with E-state index in [1.807, 2.05) is 18.3 Å². The molecular formula is C32H32SSi. The van der Waals surface area contributed by atoms with E-state index < -0.39 is 8.07 Å². The predicted molar refractivity (Wildman–Crippen MR) is 152 cm³/mol. The first-order chi connectivity index (χ1) is 16.3. The van der Waals surface area contributed by atoms with Gasteiger partial charge in [0.1, 0.15) is 8.07 Å². The van der Waals surface area contributed by atoms with E-state index in [1.165, 1.54) is 53.6 Å². The van der Waals surface area contributed by atoms with Crippen LogP contribution in [0.1, 0.15) is 59.6 Å². The summed E-state index contributed by atoms with van der Waals surface area (Å²) in [7, 11) is -1.83. The maximum atomic E-state index is 4.00. The van der Waals surface area contributed by atoms with E-state index >= 15 is 0 Å². The minimum atomic E-state index is -1.83. The van der Waals surface area contributed by atoms with Gasteiger partial charge in [-0.25, -0.2) is 0 Å². The molecule has 0 spiro atoms. The van der Waals surface area contributed by atoms with Crippen LogP contribution in [-0.4, -0.2) is 8.07 Å². The minimum absolute atomic E-state index is 0.622. The third-order valence-corrected chi connectivity index (χ3v) is 15.3. The van der Waals surface area contributed by atoms with Crippen molar-refractivity contribution in [2.45, 2.75) is 65.1 Å². The Hall–Kier alpha value is -2.78. The van der Waals surface area contributed by atoms with Crippen molar-refractivity contribution in [3.05, 3.63) is 68.7 Å². The third kappa shape index (κ3) is 3.13. The van der Waals surface area contributed by atoms with E-state index in [2.05, 4.69) is 113 Å². The van der Waals surface area contributed by atoms with Gasteiger partial charge in [-0.3, -0.25) is 0 Å². The molecule has 0 saturated heterocycles. The lowest BCUT2D eigenvalue weighted by Gasteiger charge is -2.38. The Kier molecular flexibility index (Phi) is 5.72. The molecule has 2 aromatic carbocycles. The molecule has 2 aliphatic rings. The lowest BCUT2D eigenvalue weighted by molar-refractivity contribution is 0.838. The minimum Gasteiger partial charge on any atom is -0.132 e. The van der Waals surface area contributed by atoms with Crippen LogP contribution in [0.3, 0.4) is 0 Å². The number of thiophene rings is 1. The van der Waals surface area contributed by atoms with Gasteiger partial charge in [-0.1, -0.05) is 102 Å². The van der Waals surface area contributed by atoms with Gasteiger partial charge in [-0.15, -0.1) is 22.8 Å². The molecule has 2 aliphatic carbocycles. The fraction of sp³-hybridized carbons (Fsp3) is 0.312. The zero-order chi connectivity index (χ0) is 24.2. The molecule has 0 unspecified atom stereocenters. The van der Waals surface area contributed by atoms with Gasteiger partial charge in [0.05, 0.1) is 14.6 Å². The van der Waals surface area contributed by atoms with Crippen molar-refractivity contribution in [2.75, 3.05) is 0 Å². The van der Waals surface area contributed by atoms with Crippen molar-refractivity contribution in [1.82, 2.24) is 0 Å². The second-order valence-corrected chi connectivity index (χ2v) is 17.0. The SMILES string of the molecule is CC#CC1=c2sc3c(c2-c2ccccc21)-c1ccccc1C=3C#C[Si](C(C)C)(C(C)C)C(C)C. The highest BCUT2D eigenvalue weighted by molar-refractivity contribution is 7.09. The van der Waals surface area contributed by atoms with Crippen LogP contribution in [0.15, 0.2) is 48.5 Å². The Morgan fingerprint density at radius 2 is 1.03 bits per heavy atom. The van der Waals surface area contributed by atoms with E-state index in [4.69, 9.17) is 0 Å². The lowest BCUT2D eigenvalue weighted by Crippen LogP contribution is -2.43. The smallest absolute Gasteiger partial charge is 0.132 e. The summed E-state index contributed by atoms with van der Waals surface area (Å²) >= 11 is 1.89. The number of rotatable bonds is 3. The molecular weight excluding hydrogens is 445 g/mol. The molecule has 0 fully saturated rings. The average molecular weight is 477 g/mol. The molecule has 0 N–H and O–H groups in total. The Morgan fingerprint density at radius 3 is 1.44 bits per heavy atom. The molecule has 0 radical (unpaired) electrons. The van der Waals surface area contributed by atoms with Crippen LogP contribution < -0.4 is 9.06 Å². The van der Waals surface area contributed by atoms with Gasteiger partial charge in [0, 0.05) is 16.7 Å². The van der Waals surface area contributed by atoms with Crippen LogP contribution in [0.2, 0.25) is 16.6 Å². The highest BCUT2D eigenvalue weighted by Gasteiger charge is 2.42. The first-order valence-electron chi connectivity index (χ1n) is 12.4. The standard InChI is InChI=1S/C32H32SSi/c1-8-13-27-23-14-9-11-16-25(23)29-30-26-17-12-10-15-24(26)28(32(30)33-31(27)29)18-19-34(20(2)3,21(4)5)22(6)7/h9-12,14-17,20-22H,1-7H3. The third-order valence-electron chi connectivity index (χ3n) is 7.81. The number of benzene rings is 2. The quantitative estimate of drug-likeness (QED) is 0.274. The first kappa shape index (κ1) is 23.0. The van der Waals surface area contributed by atoms with Crippen molar-refractivity contribution in [3.8, 4) is 45.6 Å². The topological polar surface area (TPSA) is 0 Å². The number of fused-ring (bicyclic) bond motifs is 7. The van der Waals surface area contributed by atoms with Gasteiger partial charge in [-0.2, -0.15) is 0 Å². The first-order valence-corrected chi connectivity index (χ1v) is 15.4. The number of hydrogen-bond acceptors (Lipinski definition) is 1. The molecule has 0 aliphatic heterocycles. The van der Waals surface area contributed by atoms with Gasteiger partial charge < -0.3 is 0 Å². The lowest BCUT2D eigenvalue weighted by atomic mass is 9.97. The highest BCUT2D eigenvalue weighted by Crippen LogP contribution is 2.44.